The molecule has 0 aromatic rings. The molecule has 0 aliphatic carbocycles. The zero-order valence-electron chi connectivity index (χ0n) is 69.4. The molecule has 0 aromatic carbocycles. The minimum Gasteiger partial charge on any atom is -0.462 e. The fourth-order valence-corrected chi connectivity index (χ4v) is 13.0. The number of carbonyl (C=O) groups excluding carboxylic acids is 4. The van der Waals surface area contributed by atoms with Gasteiger partial charge in [0.1, 0.15) is 19.3 Å². The summed E-state index contributed by atoms with van der Waals surface area (Å²) in [6, 6.07) is 0. The molecule has 0 aromatic heterocycles. The zero-order valence-corrected chi connectivity index (χ0v) is 71.2. The molecule has 5 atom stereocenters. The van der Waals surface area contributed by atoms with Crippen molar-refractivity contribution in [1.29, 1.82) is 0 Å². The Bertz CT molecular complexity index is 2600. The van der Waals surface area contributed by atoms with E-state index in [0.29, 0.717) is 25.7 Å². The van der Waals surface area contributed by atoms with Crippen molar-refractivity contribution < 1.29 is 80.2 Å². The first-order valence-electron chi connectivity index (χ1n) is 43.4. The van der Waals surface area contributed by atoms with Crippen molar-refractivity contribution in [3.05, 3.63) is 134 Å². The summed E-state index contributed by atoms with van der Waals surface area (Å²) in [6.45, 7) is 4.68. The Morgan fingerprint density at radius 2 is 0.473 bits per heavy atom. The van der Waals surface area contributed by atoms with Gasteiger partial charge < -0.3 is 33.8 Å². The van der Waals surface area contributed by atoms with Gasteiger partial charge in [0.2, 0.25) is 0 Å². The highest BCUT2D eigenvalue weighted by molar-refractivity contribution is 7.47. The summed E-state index contributed by atoms with van der Waals surface area (Å²) in [4.78, 5) is 73.3. The lowest BCUT2D eigenvalue weighted by atomic mass is 10.1. The Morgan fingerprint density at radius 3 is 0.755 bits per heavy atom. The number of aliphatic hydroxyl groups excluding tert-OH is 1. The van der Waals surface area contributed by atoms with Crippen molar-refractivity contribution in [2.45, 2.75) is 380 Å². The molecule has 3 N–H and O–H groups in total. The lowest BCUT2D eigenvalue weighted by molar-refractivity contribution is -0.161. The molecule has 0 fully saturated rings. The summed E-state index contributed by atoms with van der Waals surface area (Å²) in [7, 11) is -9.99. The Kier molecular flexibility index (Phi) is 78.6. The van der Waals surface area contributed by atoms with E-state index in [-0.39, 0.29) is 25.7 Å². The van der Waals surface area contributed by atoms with Crippen LogP contribution in [0.2, 0.25) is 0 Å². The summed E-state index contributed by atoms with van der Waals surface area (Å²) in [5, 5.41) is 10.7. The van der Waals surface area contributed by atoms with Gasteiger partial charge in [-0.1, -0.05) is 303 Å². The van der Waals surface area contributed by atoms with Gasteiger partial charge in [-0.15, -0.1) is 0 Å². The van der Waals surface area contributed by atoms with Crippen molar-refractivity contribution in [3.63, 3.8) is 0 Å². The Labute approximate surface area is 669 Å². The molecule has 5 unspecified atom stereocenters. The molecule has 17 nitrogen and oxygen atoms in total. The van der Waals surface area contributed by atoms with E-state index < -0.39 is 97.5 Å². The largest absolute Gasteiger partial charge is 0.472 e. The fraction of sp³-hybridized carbons (Fsp3) is 0.714. The topological polar surface area (TPSA) is 237 Å². The molecule has 19 heteroatoms. The van der Waals surface area contributed by atoms with Crippen LogP contribution < -0.4 is 0 Å². The van der Waals surface area contributed by atoms with Crippen LogP contribution in [-0.2, 0) is 65.4 Å². The average Bonchev–Trinajstić information content (AvgIpc) is 0.906. The highest BCUT2D eigenvalue weighted by atomic mass is 31.2. The predicted octanol–water partition coefficient (Wildman–Crippen LogP) is 26.0. The maximum Gasteiger partial charge on any atom is 0.472 e. The molecule has 632 valence electrons. The quantitative estimate of drug-likeness (QED) is 0.0169. The normalized spacial score (nSPS) is 14.4. The van der Waals surface area contributed by atoms with Crippen LogP contribution in [-0.4, -0.2) is 96.7 Å². The Balaban J connectivity index is 5.42. The van der Waals surface area contributed by atoms with E-state index in [1.54, 1.807) is 0 Å². The summed E-state index contributed by atoms with van der Waals surface area (Å²) < 4.78 is 68.8. The number of rotatable bonds is 81. The average molecular weight is 1580 g/mol. The predicted molar refractivity (Wildman–Crippen MR) is 454 cm³/mol. The number of unbranched alkanes of at least 4 members (excludes halogenated alkanes) is 33. The van der Waals surface area contributed by atoms with Gasteiger partial charge in [-0.25, -0.2) is 9.13 Å². The second kappa shape index (κ2) is 82.2. The maximum atomic E-state index is 13.1. The first kappa shape index (κ1) is 105. The number of allylic oxidation sites excluding steroid dienone is 22. The molecule has 0 radical (unpaired) electrons. The van der Waals surface area contributed by atoms with Gasteiger partial charge in [-0.3, -0.25) is 37.3 Å². The van der Waals surface area contributed by atoms with Gasteiger partial charge in [0, 0.05) is 25.7 Å². The van der Waals surface area contributed by atoms with E-state index in [1.165, 1.54) is 77.0 Å². The second-order valence-electron chi connectivity index (χ2n) is 28.7. The highest BCUT2D eigenvalue weighted by Gasteiger charge is 2.30. The molecular weight excluding hydrogens is 1430 g/mol. The molecule has 0 amide bonds. The molecule has 0 aliphatic rings. The third kappa shape index (κ3) is 81.2. The zero-order chi connectivity index (χ0) is 80.3. The number of hydrogen-bond acceptors (Lipinski definition) is 15. The van der Waals surface area contributed by atoms with Crippen molar-refractivity contribution in [2.24, 2.45) is 0 Å². The Hall–Kier alpha value is -4.80. The van der Waals surface area contributed by atoms with Crippen LogP contribution in [0.25, 0.3) is 0 Å². The van der Waals surface area contributed by atoms with Crippen LogP contribution in [0.5, 0.6) is 0 Å². The second-order valence-corrected chi connectivity index (χ2v) is 31.6. The molecule has 0 aliphatic heterocycles. The van der Waals surface area contributed by atoms with Gasteiger partial charge in [0.05, 0.1) is 26.4 Å². The molecule has 0 saturated heterocycles. The molecule has 0 spiro atoms. The van der Waals surface area contributed by atoms with Crippen LogP contribution in [0.15, 0.2) is 134 Å². The van der Waals surface area contributed by atoms with E-state index in [0.717, 1.165) is 205 Å². The van der Waals surface area contributed by atoms with Crippen molar-refractivity contribution >= 4 is 39.5 Å². The van der Waals surface area contributed by atoms with E-state index in [2.05, 4.69) is 161 Å². The molecule has 0 bridgehead atoms. The number of aliphatic hydroxyl groups is 1. The van der Waals surface area contributed by atoms with E-state index in [4.69, 9.17) is 37.0 Å². The number of hydrogen-bond donors (Lipinski definition) is 3. The minimum absolute atomic E-state index is 0.0608. The van der Waals surface area contributed by atoms with Crippen LogP contribution in [0.4, 0.5) is 0 Å². The van der Waals surface area contributed by atoms with Crippen LogP contribution in [0.3, 0.4) is 0 Å². The number of esters is 4. The summed E-state index contributed by atoms with van der Waals surface area (Å²) in [6.07, 6.45) is 94.0. The first-order valence-corrected chi connectivity index (χ1v) is 46.4. The number of carbonyl (C=O) groups is 4. The summed E-state index contributed by atoms with van der Waals surface area (Å²) in [5.74, 6) is -2.23. The van der Waals surface area contributed by atoms with E-state index >= 15 is 0 Å². The number of phosphoric acid groups is 2. The SMILES string of the molecule is CC/C=C\C/C=C\C/C=C\C/C=C\CCCCCCC(=O)OC(COC(=O)CCCCCCCC/C=C\C/C=C\C/C=C\CCCCC)COP(=O)(O)OCC(O)COP(=O)(O)OCC(COC(=O)CCCCCCCC/C=C\C/C=C\C/C=C\CCCCC)OC(=O)CCCCCCC/C=C\CCCCCCCC. The first-order chi connectivity index (χ1) is 53.7. The van der Waals surface area contributed by atoms with Gasteiger partial charge >= 0.3 is 39.5 Å². The fourth-order valence-electron chi connectivity index (χ4n) is 11.5. The minimum atomic E-state index is -5.00. The monoisotopic (exact) mass is 1580 g/mol. The molecule has 110 heavy (non-hydrogen) atoms. The van der Waals surface area contributed by atoms with Crippen molar-refractivity contribution in [1.82, 2.24) is 0 Å². The number of phosphoric ester groups is 2. The van der Waals surface area contributed by atoms with Gasteiger partial charge in [-0.2, -0.15) is 0 Å². The van der Waals surface area contributed by atoms with E-state index in [1.807, 2.05) is 0 Å². The smallest absolute Gasteiger partial charge is 0.462 e. The van der Waals surface area contributed by atoms with Gasteiger partial charge in [-0.05, 0) is 167 Å². The molecule has 0 rings (SSSR count). The molecule has 0 heterocycles. The molecule has 0 saturated carbocycles. The van der Waals surface area contributed by atoms with Crippen LogP contribution in [0, 0.1) is 0 Å². The highest BCUT2D eigenvalue weighted by Crippen LogP contribution is 2.45. The van der Waals surface area contributed by atoms with Crippen molar-refractivity contribution in [2.75, 3.05) is 39.6 Å². The van der Waals surface area contributed by atoms with Gasteiger partial charge in [0.15, 0.2) is 12.2 Å². The summed E-state index contributed by atoms with van der Waals surface area (Å²) in [5.41, 5.74) is 0. The lowest BCUT2D eigenvalue weighted by Gasteiger charge is -2.21. The Morgan fingerprint density at radius 1 is 0.264 bits per heavy atom. The van der Waals surface area contributed by atoms with Crippen LogP contribution >= 0.6 is 15.6 Å². The van der Waals surface area contributed by atoms with Crippen LogP contribution in [0.1, 0.15) is 362 Å². The van der Waals surface area contributed by atoms with Crippen molar-refractivity contribution in [3.8, 4) is 0 Å². The molecular formula is C91H156O17P2. The van der Waals surface area contributed by atoms with E-state index in [9.17, 15) is 43.2 Å². The lowest BCUT2D eigenvalue weighted by Crippen LogP contribution is -2.30. The summed E-state index contributed by atoms with van der Waals surface area (Å²) >= 11 is 0. The van der Waals surface area contributed by atoms with Gasteiger partial charge in [0.25, 0.3) is 0 Å². The third-order valence-corrected chi connectivity index (χ3v) is 20.0. The standard InChI is InChI=1S/C91H156O17P2/c1-5-9-13-17-21-25-29-33-37-40-42-45-48-51-55-59-63-67-71-75-88(93)101-81-86(107-90(95)77-73-69-65-61-57-53-47-36-32-28-24-20-16-12-8-4)83-105-109(97,98)103-79-85(92)80-104-110(99,100)106-84-87(108-91(96)78-74-70-66-62-58-54-50-44-39-35-31-27-23-19-15-11-7-3)82-102-89(94)76-72-68-64-60-56-52-49-46-43-41-38-34-30-26-22-18-14-10-6-2/h11,15,21-23,25-27,33-39,42-43,45-47,50,54,85-87,92H,5-10,12-14,16-20,24,28-32,40-41,44,48-49,51-53,55-84H2,1-4H3,(H,97,98)(H,99,100)/b15-11-,25-21-,26-22-,27-23-,37-33-,38-34-,39-35-,45-42-,46-43-,47-36-,54-50-. The maximum absolute atomic E-state index is 13.1. The number of ether oxygens (including phenoxy) is 4. The third-order valence-electron chi connectivity index (χ3n) is 18.1.